The van der Waals surface area contributed by atoms with Gasteiger partial charge in [-0.15, -0.1) is 0 Å². The van der Waals surface area contributed by atoms with Crippen LogP contribution in [0.2, 0.25) is 20.1 Å². The lowest BCUT2D eigenvalue weighted by molar-refractivity contribution is 1.45. The molecule has 0 amide bonds. The van der Waals surface area contributed by atoms with Crippen molar-refractivity contribution < 1.29 is 0 Å². The zero-order valence-electron chi connectivity index (χ0n) is 10.8. The van der Waals surface area contributed by atoms with Crippen molar-refractivity contribution >= 4 is 46.4 Å². The first kappa shape index (κ1) is 17.6. The molecule has 0 fully saturated rings. The maximum atomic E-state index is 8.70. The summed E-state index contributed by atoms with van der Waals surface area (Å²) in [6.07, 6.45) is 0. The van der Waals surface area contributed by atoms with Crippen molar-refractivity contribution in [3.05, 3.63) is 67.1 Å². The summed E-state index contributed by atoms with van der Waals surface area (Å²) in [7, 11) is 0. The molecule has 0 spiro atoms. The van der Waals surface area contributed by atoms with E-state index in [1.807, 2.05) is 18.2 Å². The zero-order valence-corrected chi connectivity index (χ0v) is 13.8. The van der Waals surface area contributed by atoms with Crippen LogP contribution >= 0.6 is 46.4 Å². The van der Waals surface area contributed by atoms with Gasteiger partial charge in [0, 0.05) is 0 Å². The molecule has 2 rings (SSSR count). The normalized spacial score (nSPS) is 9.10. The van der Waals surface area contributed by atoms with E-state index in [0.717, 1.165) is 0 Å². The molecule has 0 heterocycles. The summed E-state index contributed by atoms with van der Waals surface area (Å²) in [6, 6.07) is 13.8. The van der Waals surface area contributed by atoms with Gasteiger partial charge in [-0.3, -0.25) is 0 Å². The number of benzene rings is 2. The number of aryl methyl sites for hydroxylation is 1. The lowest BCUT2D eigenvalue weighted by atomic mass is 10.1. The molecule has 106 valence electrons. The van der Waals surface area contributed by atoms with Gasteiger partial charge in [0.15, 0.2) is 0 Å². The summed E-state index contributed by atoms with van der Waals surface area (Å²) in [6.45, 7) is 2.08. The third-order valence-corrected chi connectivity index (χ3v) is 4.13. The highest BCUT2D eigenvalue weighted by molar-refractivity contribution is 6.50. The Morgan fingerprint density at radius 3 is 1.43 bits per heavy atom. The number of hydrogen-bond donors (Lipinski definition) is 0. The molecule has 2 nitrogen and oxygen atoms in total. The van der Waals surface area contributed by atoms with Crippen LogP contribution < -0.4 is 0 Å². The van der Waals surface area contributed by atoms with E-state index in [9.17, 15) is 0 Å². The summed E-state index contributed by atoms with van der Waals surface area (Å²) in [5.74, 6) is 0. The monoisotopic (exact) mass is 356 g/mol. The van der Waals surface area contributed by atoms with Crippen LogP contribution in [0.5, 0.6) is 0 Å². The Morgan fingerprint density at radius 2 is 1.14 bits per heavy atom. The SMILES string of the molecule is Cc1ccccc1.N#Cc1c(Cl)c(Cl)c(Cl)c(C#N)c1Cl. The lowest BCUT2D eigenvalue weighted by Gasteiger charge is -2.05. The Balaban J connectivity index is 0.000000262. The summed E-state index contributed by atoms with van der Waals surface area (Å²) < 4.78 is 0. The number of nitrogens with zero attached hydrogens (tertiary/aromatic N) is 2. The third-order valence-electron chi connectivity index (χ3n) is 2.43. The van der Waals surface area contributed by atoms with Crippen molar-refractivity contribution in [2.75, 3.05) is 0 Å². The first-order valence-corrected chi connectivity index (χ1v) is 7.13. The molecule has 0 atom stereocenters. The van der Waals surface area contributed by atoms with Crippen molar-refractivity contribution in [1.82, 2.24) is 0 Å². The second-order valence-electron chi connectivity index (χ2n) is 3.88. The molecular formula is C15H8Cl4N2. The molecule has 0 radical (unpaired) electrons. The molecule has 0 aliphatic heterocycles. The van der Waals surface area contributed by atoms with Crippen molar-refractivity contribution in [3.63, 3.8) is 0 Å². The van der Waals surface area contributed by atoms with Gasteiger partial charge >= 0.3 is 0 Å². The van der Waals surface area contributed by atoms with Gasteiger partial charge in [-0.1, -0.05) is 82.3 Å². The van der Waals surface area contributed by atoms with Gasteiger partial charge in [0.2, 0.25) is 0 Å². The van der Waals surface area contributed by atoms with Crippen LogP contribution in [0.1, 0.15) is 16.7 Å². The van der Waals surface area contributed by atoms with E-state index in [-0.39, 0.29) is 31.2 Å². The summed E-state index contributed by atoms with van der Waals surface area (Å²) in [5.41, 5.74) is 1.24. The Kier molecular flexibility index (Phi) is 6.82. The van der Waals surface area contributed by atoms with Crippen molar-refractivity contribution in [3.8, 4) is 12.1 Å². The lowest BCUT2D eigenvalue weighted by Crippen LogP contribution is -1.89. The minimum absolute atomic E-state index is 0.0363. The van der Waals surface area contributed by atoms with Gasteiger partial charge in [0.25, 0.3) is 0 Å². The largest absolute Gasteiger partial charge is 0.192 e. The van der Waals surface area contributed by atoms with E-state index in [4.69, 9.17) is 56.9 Å². The standard InChI is InChI=1S/C8Cl4N2.C7H8/c9-5-3(1-13)6(10)8(12)7(11)4(5)2-14;1-7-5-3-2-4-6-7/h;2-6H,1H3. The summed E-state index contributed by atoms with van der Waals surface area (Å²) >= 11 is 22.8. The highest BCUT2D eigenvalue weighted by Gasteiger charge is 2.19. The molecular weight excluding hydrogens is 350 g/mol. The molecule has 21 heavy (non-hydrogen) atoms. The van der Waals surface area contributed by atoms with Crippen LogP contribution in [0.4, 0.5) is 0 Å². The van der Waals surface area contributed by atoms with Crippen LogP contribution in [-0.4, -0.2) is 0 Å². The van der Waals surface area contributed by atoms with Gasteiger partial charge in [-0.05, 0) is 6.92 Å². The van der Waals surface area contributed by atoms with Crippen molar-refractivity contribution in [2.24, 2.45) is 0 Å². The fourth-order valence-electron chi connectivity index (χ4n) is 1.36. The molecule has 0 saturated heterocycles. The minimum atomic E-state index is -0.0746. The van der Waals surface area contributed by atoms with E-state index < -0.39 is 0 Å². The molecule has 6 heteroatoms. The molecule has 0 unspecified atom stereocenters. The highest BCUT2D eigenvalue weighted by atomic mass is 35.5. The number of halogens is 4. The molecule has 0 N–H and O–H groups in total. The van der Waals surface area contributed by atoms with Crippen LogP contribution in [0.15, 0.2) is 30.3 Å². The van der Waals surface area contributed by atoms with Gasteiger partial charge in [0.1, 0.15) is 12.1 Å². The average molecular weight is 358 g/mol. The van der Waals surface area contributed by atoms with E-state index in [1.54, 1.807) is 12.1 Å². The van der Waals surface area contributed by atoms with Crippen LogP contribution in [0.25, 0.3) is 0 Å². The molecule has 2 aromatic rings. The third kappa shape index (κ3) is 4.27. The molecule has 0 aliphatic rings. The second kappa shape index (κ2) is 8.13. The Morgan fingerprint density at radius 1 is 0.714 bits per heavy atom. The Hall–Kier alpha value is -1.42. The summed E-state index contributed by atoms with van der Waals surface area (Å²) in [4.78, 5) is 0. The quantitative estimate of drug-likeness (QED) is 0.426. The number of nitriles is 2. The molecule has 0 aromatic heterocycles. The Labute approximate surface area is 143 Å². The average Bonchev–Trinajstić information content (AvgIpc) is 2.48. The minimum Gasteiger partial charge on any atom is -0.192 e. The first-order chi connectivity index (χ1) is 9.93. The van der Waals surface area contributed by atoms with Crippen molar-refractivity contribution in [2.45, 2.75) is 6.92 Å². The maximum Gasteiger partial charge on any atom is 0.102 e. The van der Waals surface area contributed by atoms with Crippen LogP contribution in [-0.2, 0) is 0 Å². The zero-order chi connectivity index (χ0) is 16.0. The van der Waals surface area contributed by atoms with E-state index in [2.05, 4.69) is 19.1 Å². The first-order valence-electron chi connectivity index (χ1n) is 5.61. The van der Waals surface area contributed by atoms with Crippen LogP contribution in [0.3, 0.4) is 0 Å². The number of hydrogen-bond acceptors (Lipinski definition) is 2. The van der Waals surface area contributed by atoms with E-state index >= 15 is 0 Å². The van der Waals surface area contributed by atoms with Crippen molar-refractivity contribution in [1.29, 1.82) is 10.5 Å². The highest BCUT2D eigenvalue weighted by Crippen LogP contribution is 2.40. The smallest absolute Gasteiger partial charge is 0.102 e. The fourth-order valence-corrected chi connectivity index (χ4v) is 2.43. The summed E-state index contributed by atoms with van der Waals surface area (Å²) in [5, 5.41) is 17.2. The van der Waals surface area contributed by atoms with Gasteiger partial charge in [-0.25, -0.2) is 0 Å². The molecule has 0 aliphatic carbocycles. The predicted molar refractivity (Wildman–Crippen MR) is 87.1 cm³/mol. The van der Waals surface area contributed by atoms with E-state index in [1.165, 1.54) is 5.56 Å². The Bertz CT molecular complexity index is 687. The maximum absolute atomic E-state index is 8.70. The fraction of sp³-hybridized carbons (Fsp3) is 0.0667. The van der Waals surface area contributed by atoms with Gasteiger partial charge in [0.05, 0.1) is 31.2 Å². The predicted octanol–water partition coefficient (Wildman–Crippen LogP) is 6.04. The topological polar surface area (TPSA) is 47.6 Å². The molecule has 0 saturated carbocycles. The number of rotatable bonds is 0. The second-order valence-corrected chi connectivity index (χ2v) is 5.40. The van der Waals surface area contributed by atoms with Crippen LogP contribution in [0, 0.1) is 29.6 Å². The van der Waals surface area contributed by atoms with Gasteiger partial charge in [-0.2, -0.15) is 10.5 Å². The molecule has 2 aromatic carbocycles. The van der Waals surface area contributed by atoms with E-state index in [0.29, 0.717) is 0 Å². The molecule has 0 bridgehead atoms. The van der Waals surface area contributed by atoms with Gasteiger partial charge < -0.3 is 0 Å².